The van der Waals surface area contributed by atoms with Gasteiger partial charge in [-0.05, 0) is 6.07 Å². The van der Waals surface area contributed by atoms with Crippen LogP contribution in [0.15, 0.2) is 18.2 Å². The van der Waals surface area contributed by atoms with Crippen molar-refractivity contribution in [1.82, 2.24) is 5.32 Å². The summed E-state index contributed by atoms with van der Waals surface area (Å²) in [4.78, 5) is 0. The van der Waals surface area contributed by atoms with Crippen LogP contribution >= 0.6 is 0 Å². The molecule has 0 aliphatic heterocycles. The molecule has 0 aliphatic rings. The van der Waals surface area contributed by atoms with Gasteiger partial charge in [-0.25, -0.2) is 13.2 Å². The van der Waals surface area contributed by atoms with Gasteiger partial charge in [-0.3, -0.25) is 0 Å². The van der Waals surface area contributed by atoms with Crippen LogP contribution in [0.2, 0.25) is 0 Å². The molecule has 0 aromatic heterocycles. The van der Waals surface area contributed by atoms with Crippen molar-refractivity contribution in [2.45, 2.75) is 19.9 Å². The molecule has 0 fully saturated rings. The Bertz CT molecular complexity index is 386. The lowest BCUT2D eigenvalue weighted by Crippen LogP contribution is -2.22. The number of nitrogens with one attached hydrogen (secondary N) is 1. The first-order valence-electron chi connectivity index (χ1n) is 5.05. The van der Waals surface area contributed by atoms with E-state index in [1.54, 1.807) is 6.08 Å². The lowest BCUT2D eigenvalue weighted by molar-refractivity contribution is 0.494. The summed E-state index contributed by atoms with van der Waals surface area (Å²) in [6, 6.07) is 1.71. The SMILES string of the molecule is CC(C)NC/C=C/c1cc(F)c(F)cc1F. The van der Waals surface area contributed by atoms with Crippen LogP contribution in [0.3, 0.4) is 0 Å². The van der Waals surface area contributed by atoms with Crippen molar-refractivity contribution in [1.29, 1.82) is 0 Å². The molecular formula is C12H14F3N. The zero-order valence-electron chi connectivity index (χ0n) is 9.23. The molecule has 1 aromatic carbocycles. The topological polar surface area (TPSA) is 12.0 Å². The highest BCUT2D eigenvalue weighted by Crippen LogP contribution is 2.14. The Kier molecular flexibility index (Phi) is 4.55. The first-order valence-corrected chi connectivity index (χ1v) is 5.05. The molecule has 88 valence electrons. The number of rotatable bonds is 4. The molecule has 0 radical (unpaired) electrons. The first-order chi connectivity index (χ1) is 7.50. The quantitative estimate of drug-likeness (QED) is 0.782. The highest BCUT2D eigenvalue weighted by molar-refractivity contribution is 5.50. The average Bonchev–Trinajstić information content (AvgIpc) is 2.19. The maximum atomic E-state index is 13.1. The second kappa shape index (κ2) is 5.70. The molecule has 16 heavy (non-hydrogen) atoms. The number of hydrogen-bond acceptors (Lipinski definition) is 1. The van der Waals surface area contributed by atoms with Crippen LogP contribution in [0, 0.1) is 17.5 Å². The minimum Gasteiger partial charge on any atom is -0.311 e. The highest BCUT2D eigenvalue weighted by atomic mass is 19.2. The van der Waals surface area contributed by atoms with Gasteiger partial charge >= 0.3 is 0 Å². The van der Waals surface area contributed by atoms with Crippen molar-refractivity contribution in [3.63, 3.8) is 0 Å². The van der Waals surface area contributed by atoms with Crippen LogP contribution in [0.25, 0.3) is 6.08 Å². The Morgan fingerprint density at radius 2 is 1.75 bits per heavy atom. The van der Waals surface area contributed by atoms with E-state index in [9.17, 15) is 13.2 Å². The van der Waals surface area contributed by atoms with Crippen molar-refractivity contribution in [2.24, 2.45) is 0 Å². The summed E-state index contributed by atoms with van der Waals surface area (Å²) in [5.41, 5.74) is 0.0458. The smallest absolute Gasteiger partial charge is 0.161 e. The van der Waals surface area contributed by atoms with E-state index in [1.165, 1.54) is 6.08 Å². The maximum Gasteiger partial charge on any atom is 0.161 e. The Labute approximate surface area is 93.0 Å². The predicted molar refractivity (Wildman–Crippen MR) is 58.5 cm³/mol. The molecule has 1 nitrogen and oxygen atoms in total. The van der Waals surface area contributed by atoms with Crippen molar-refractivity contribution in [2.75, 3.05) is 6.54 Å². The molecule has 0 saturated heterocycles. The van der Waals surface area contributed by atoms with Gasteiger partial charge in [0.05, 0.1) is 0 Å². The summed E-state index contributed by atoms with van der Waals surface area (Å²) < 4.78 is 38.5. The van der Waals surface area contributed by atoms with Crippen LogP contribution in [0.5, 0.6) is 0 Å². The minimum absolute atomic E-state index is 0.0458. The van der Waals surface area contributed by atoms with Gasteiger partial charge in [0.25, 0.3) is 0 Å². The zero-order valence-corrected chi connectivity index (χ0v) is 9.23. The third-order valence-electron chi connectivity index (χ3n) is 1.98. The Balaban J connectivity index is 2.70. The number of benzene rings is 1. The molecule has 1 aromatic rings. The van der Waals surface area contributed by atoms with E-state index < -0.39 is 17.5 Å². The van der Waals surface area contributed by atoms with E-state index in [2.05, 4.69) is 5.32 Å². The van der Waals surface area contributed by atoms with E-state index in [4.69, 9.17) is 0 Å². The van der Waals surface area contributed by atoms with Crippen molar-refractivity contribution in [3.05, 3.63) is 41.2 Å². The van der Waals surface area contributed by atoms with E-state index in [-0.39, 0.29) is 5.56 Å². The second-order valence-corrected chi connectivity index (χ2v) is 3.75. The van der Waals surface area contributed by atoms with E-state index in [0.29, 0.717) is 18.7 Å². The normalized spacial score (nSPS) is 11.6. The molecule has 0 saturated carbocycles. The van der Waals surface area contributed by atoms with Gasteiger partial charge in [0, 0.05) is 24.2 Å². The van der Waals surface area contributed by atoms with E-state index in [0.717, 1.165) is 6.07 Å². The fourth-order valence-electron chi connectivity index (χ4n) is 1.16. The number of hydrogen-bond donors (Lipinski definition) is 1. The summed E-state index contributed by atoms with van der Waals surface area (Å²) >= 11 is 0. The first kappa shape index (κ1) is 12.8. The third kappa shape index (κ3) is 3.70. The minimum atomic E-state index is -1.17. The Hall–Kier alpha value is -1.29. The van der Waals surface area contributed by atoms with Crippen LogP contribution in [0.1, 0.15) is 19.4 Å². The molecule has 0 spiro atoms. The van der Waals surface area contributed by atoms with Crippen molar-refractivity contribution in [3.8, 4) is 0 Å². The Morgan fingerprint density at radius 1 is 1.12 bits per heavy atom. The van der Waals surface area contributed by atoms with E-state index >= 15 is 0 Å². The van der Waals surface area contributed by atoms with Crippen LogP contribution in [-0.2, 0) is 0 Å². The van der Waals surface area contributed by atoms with Crippen LogP contribution in [0.4, 0.5) is 13.2 Å². The fraction of sp³-hybridized carbons (Fsp3) is 0.333. The Morgan fingerprint density at radius 3 is 2.38 bits per heavy atom. The molecule has 0 amide bonds. The molecule has 1 N–H and O–H groups in total. The molecular weight excluding hydrogens is 215 g/mol. The number of halogens is 3. The molecule has 0 bridgehead atoms. The van der Waals surface area contributed by atoms with E-state index in [1.807, 2.05) is 13.8 Å². The lowest BCUT2D eigenvalue weighted by atomic mass is 10.2. The van der Waals surface area contributed by atoms with Crippen molar-refractivity contribution < 1.29 is 13.2 Å². The van der Waals surface area contributed by atoms with Crippen molar-refractivity contribution >= 4 is 6.08 Å². The predicted octanol–water partition coefficient (Wildman–Crippen LogP) is 3.12. The summed E-state index contributed by atoms with van der Waals surface area (Å²) in [5.74, 6) is -2.98. The summed E-state index contributed by atoms with van der Waals surface area (Å²) in [7, 11) is 0. The summed E-state index contributed by atoms with van der Waals surface area (Å²) in [5, 5.41) is 3.08. The summed E-state index contributed by atoms with van der Waals surface area (Å²) in [6.07, 6.45) is 3.09. The maximum absolute atomic E-state index is 13.1. The third-order valence-corrected chi connectivity index (χ3v) is 1.98. The standard InChI is InChI=1S/C12H14F3N/c1-8(2)16-5-3-4-9-6-11(14)12(15)7-10(9)13/h3-4,6-8,16H,5H2,1-2H3/b4-3+. The second-order valence-electron chi connectivity index (χ2n) is 3.75. The molecule has 0 heterocycles. The van der Waals surface area contributed by atoms with Crippen LogP contribution < -0.4 is 5.32 Å². The van der Waals surface area contributed by atoms with Gasteiger partial charge < -0.3 is 5.32 Å². The highest BCUT2D eigenvalue weighted by Gasteiger charge is 2.06. The van der Waals surface area contributed by atoms with Gasteiger partial charge in [-0.15, -0.1) is 0 Å². The monoisotopic (exact) mass is 229 g/mol. The molecule has 4 heteroatoms. The van der Waals surface area contributed by atoms with Gasteiger partial charge in [0.1, 0.15) is 5.82 Å². The largest absolute Gasteiger partial charge is 0.311 e. The lowest BCUT2D eigenvalue weighted by Gasteiger charge is -2.03. The van der Waals surface area contributed by atoms with Gasteiger partial charge in [-0.1, -0.05) is 26.0 Å². The van der Waals surface area contributed by atoms with Gasteiger partial charge in [0.2, 0.25) is 0 Å². The van der Waals surface area contributed by atoms with Gasteiger partial charge in [0.15, 0.2) is 11.6 Å². The van der Waals surface area contributed by atoms with Crippen LogP contribution in [-0.4, -0.2) is 12.6 Å². The van der Waals surface area contributed by atoms with Gasteiger partial charge in [-0.2, -0.15) is 0 Å². The molecule has 1 rings (SSSR count). The molecule has 0 aliphatic carbocycles. The fourth-order valence-corrected chi connectivity index (χ4v) is 1.16. The molecule has 0 unspecified atom stereocenters. The summed E-state index contributed by atoms with van der Waals surface area (Å²) in [6.45, 7) is 4.51. The molecule has 0 atom stereocenters. The zero-order chi connectivity index (χ0) is 12.1. The average molecular weight is 229 g/mol.